The van der Waals surface area contributed by atoms with Gasteiger partial charge in [0.25, 0.3) is 5.91 Å². The average Bonchev–Trinajstić information content (AvgIpc) is 2.77. The van der Waals surface area contributed by atoms with Crippen LogP contribution < -0.4 is 5.32 Å². The van der Waals surface area contributed by atoms with Gasteiger partial charge in [-0.1, -0.05) is 6.07 Å². The van der Waals surface area contributed by atoms with E-state index in [-0.39, 0.29) is 23.1 Å². The number of carbonyl (C=O) groups is 2. The molecule has 108 valence electrons. The average molecular weight is 297 g/mol. The highest BCUT2D eigenvalue weighted by Gasteiger charge is 2.29. The van der Waals surface area contributed by atoms with E-state index in [1.54, 1.807) is 18.2 Å². The van der Waals surface area contributed by atoms with Crippen LogP contribution in [0.4, 0.5) is 0 Å². The molecule has 0 bridgehead atoms. The second-order valence-electron chi connectivity index (χ2n) is 4.65. The molecule has 1 fully saturated rings. The summed E-state index contributed by atoms with van der Waals surface area (Å²) < 4.78 is 27.2. The third-order valence-corrected chi connectivity index (χ3v) is 4.88. The van der Waals surface area contributed by atoms with Crippen molar-refractivity contribution in [2.24, 2.45) is 0 Å². The van der Waals surface area contributed by atoms with E-state index >= 15 is 0 Å². The monoisotopic (exact) mass is 297 g/mol. The van der Waals surface area contributed by atoms with E-state index < -0.39 is 21.7 Å². The molecule has 1 aliphatic rings. The fourth-order valence-electron chi connectivity index (χ4n) is 2.08. The number of hydrogen-bond donors (Lipinski definition) is 1. The number of amides is 1. The summed E-state index contributed by atoms with van der Waals surface area (Å²) in [5.74, 6) is -0.851. The number of ether oxygens (including phenoxy) is 1. The van der Waals surface area contributed by atoms with E-state index in [1.807, 2.05) is 0 Å². The predicted octanol–water partition coefficient (Wildman–Crippen LogP) is 0.390. The van der Waals surface area contributed by atoms with Crippen LogP contribution in [-0.2, 0) is 14.6 Å². The molecule has 1 aromatic rings. The van der Waals surface area contributed by atoms with Gasteiger partial charge in [0, 0.05) is 11.6 Å². The lowest BCUT2D eigenvalue weighted by molar-refractivity contribution is 0.0600. The van der Waals surface area contributed by atoms with E-state index in [0.717, 1.165) is 0 Å². The lowest BCUT2D eigenvalue weighted by Gasteiger charge is -2.11. The minimum atomic E-state index is -3.04. The van der Waals surface area contributed by atoms with Crippen LogP contribution >= 0.6 is 0 Å². The maximum atomic E-state index is 12.0. The highest BCUT2D eigenvalue weighted by molar-refractivity contribution is 7.91. The Bertz CT molecular complexity index is 638. The van der Waals surface area contributed by atoms with Crippen LogP contribution in [0.15, 0.2) is 24.3 Å². The number of sulfone groups is 1. The van der Waals surface area contributed by atoms with Crippen LogP contribution in [0, 0.1) is 0 Å². The topological polar surface area (TPSA) is 89.5 Å². The van der Waals surface area contributed by atoms with Crippen molar-refractivity contribution >= 4 is 21.7 Å². The van der Waals surface area contributed by atoms with Crippen molar-refractivity contribution in [3.8, 4) is 0 Å². The second-order valence-corrected chi connectivity index (χ2v) is 6.87. The smallest absolute Gasteiger partial charge is 0.337 e. The summed E-state index contributed by atoms with van der Waals surface area (Å²) in [6.07, 6.45) is 0.421. The Balaban J connectivity index is 2.08. The molecule has 1 N–H and O–H groups in total. The molecular weight excluding hydrogens is 282 g/mol. The fourth-order valence-corrected chi connectivity index (χ4v) is 3.76. The molecule has 1 atom stereocenters. The largest absolute Gasteiger partial charge is 0.465 e. The molecule has 1 aromatic carbocycles. The highest BCUT2D eigenvalue weighted by Crippen LogP contribution is 2.13. The summed E-state index contributed by atoms with van der Waals surface area (Å²) in [7, 11) is -1.78. The van der Waals surface area contributed by atoms with E-state index in [9.17, 15) is 18.0 Å². The van der Waals surface area contributed by atoms with Gasteiger partial charge in [-0.2, -0.15) is 0 Å². The molecule has 1 aliphatic heterocycles. The van der Waals surface area contributed by atoms with Gasteiger partial charge in [-0.15, -0.1) is 0 Å². The first-order valence-corrected chi connectivity index (χ1v) is 7.93. The maximum absolute atomic E-state index is 12.0. The molecule has 20 heavy (non-hydrogen) atoms. The quantitative estimate of drug-likeness (QED) is 0.815. The molecule has 0 saturated carbocycles. The third kappa shape index (κ3) is 3.36. The molecule has 2 rings (SSSR count). The Morgan fingerprint density at radius 3 is 2.60 bits per heavy atom. The molecule has 0 aromatic heterocycles. The van der Waals surface area contributed by atoms with Crippen molar-refractivity contribution in [1.82, 2.24) is 5.32 Å². The van der Waals surface area contributed by atoms with Crippen molar-refractivity contribution in [3.05, 3.63) is 35.4 Å². The second kappa shape index (κ2) is 5.62. The molecule has 1 saturated heterocycles. The zero-order valence-corrected chi connectivity index (χ0v) is 11.8. The van der Waals surface area contributed by atoms with Gasteiger partial charge in [-0.25, -0.2) is 13.2 Å². The predicted molar refractivity (Wildman–Crippen MR) is 72.3 cm³/mol. The van der Waals surface area contributed by atoms with E-state index in [1.165, 1.54) is 13.2 Å². The SMILES string of the molecule is COC(=O)c1cccc(C(=O)NC2CCS(=O)(=O)C2)c1. The van der Waals surface area contributed by atoms with Crippen molar-refractivity contribution in [2.45, 2.75) is 12.5 Å². The fraction of sp³-hybridized carbons (Fsp3) is 0.385. The van der Waals surface area contributed by atoms with Gasteiger partial charge in [-0.05, 0) is 24.6 Å². The van der Waals surface area contributed by atoms with Crippen molar-refractivity contribution < 1.29 is 22.7 Å². The van der Waals surface area contributed by atoms with E-state index in [4.69, 9.17) is 0 Å². The number of hydrogen-bond acceptors (Lipinski definition) is 5. The zero-order valence-electron chi connectivity index (χ0n) is 11.0. The first kappa shape index (κ1) is 14.5. The van der Waals surface area contributed by atoms with Gasteiger partial charge in [0.15, 0.2) is 9.84 Å². The molecule has 1 heterocycles. The van der Waals surface area contributed by atoms with Gasteiger partial charge in [0.1, 0.15) is 0 Å². The summed E-state index contributed by atoms with van der Waals surface area (Å²) in [5.41, 5.74) is 0.580. The molecule has 0 spiro atoms. The first-order valence-electron chi connectivity index (χ1n) is 6.11. The normalized spacial score (nSPS) is 20.4. The molecule has 0 radical (unpaired) electrons. The van der Waals surface area contributed by atoms with Gasteiger partial charge in [0.05, 0.1) is 24.2 Å². The van der Waals surface area contributed by atoms with Gasteiger partial charge in [0.2, 0.25) is 0 Å². The van der Waals surface area contributed by atoms with Crippen LogP contribution in [0.2, 0.25) is 0 Å². The zero-order chi connectivity index (χ0) is 14.8. The van der Waals surface area contributed by atoms with Crippen molar-refractivity contribution in [3.63, 3.8) is 0 Å². The number of rotatable bonds is 3. The molecule has 1 amide bonds. The van der Waals surface area contributed by atoms with E-state index in [0.29, 0.717) is 12.0 Å². The molecule has 7 heteroatoms. The molecular formula is C13H15NO5S. The summed E-state index contributed by atoms with van der Waals surface area (Å²) in [4.78, 5) is 23.4. The lowest BCUT2D eigenvalue weighted by atomic mass is 10.1. The Hall–Kier alpha value is -1.89. The Morgan fingerprint density at radius 2 is 2.00 bits per heavy atom. The van der Waals surface area contributed by atoms with Crippen molar-refractivity contribution in [2.75, 3.05) is 18.6 Å². The summed E-state index contributed by atoms with van der Waals surface area (Å²) in [5, 5.41) is 2.66. The van der Waals surface area contributed by atoms with Crippen LogP contribution in [0.5, 0.6) is 0 Å². The van der Waals surface area contributed by atoms with Crippen molar-refractivity contribution in [1.29, 1.82) is 0 Å². The number of esters is 1. The number of carbonyl (C=O) groups excluding carboxylic acids is 2. The van der Waals surface area contributed by atoms with Gasteiger partial charge < -0.3 is 10.1 Å². The number of benzene rings is 1. The summed E-state index contributed by atoms with van der Waals surface area (Å²) in [6, 6.07) is 5.74. The molecule has 1 unspecified atom stereocenters. The van der Waals surface area contributed by atoms with Crippen LogP contribution in [0.3, 0.4) is 0 Å². The third-order valence-electron chi connectivity index (χ3n) is 3.11. The summed E-state index contributed by atoms with van der Waals surface area (Å²) in [6.45, 7) is 0. The van der Waals surface area contributed by atoms with Crippen LogP contribution in [0.25, 0.3) is 0 Å². The number of methoxy groups -OCH3 is 1. The molecule has 6 nitrogen and oxygen atoms in total. The molecule has 0 aliphatic carbocycles. The lowest BCUT2D eigenvalue weighted by Crippen LogP contribution is -2.35. The Labute approximate surface area is 117 Å². The summed E-state index contributed by atoms with van der Waals surface area (Å²) >= 11 is 0. The number of nitrogens with one attached hydrogen (secondary N) is 1. The first-order chi connectivity index (χ1) is 9.41. The minimum Gasteiger partial charge on any atom is -0.465 e. The Kier molecular flexibility index (Phi) is 4.08. The minimum absolute atomic E-state index is 0.0323. The van der Waals surface area contributed by atoms with Crippen LogP contribution in [-0.4, -0.2) is 45.0 Å². The highest BCUT2D eigenvalue weighted by atomic mass is 32.2. The van der Waals surface area contributed by atoms with Gasteiger partial charge in [-0.3, -0.25) is 4.79 Å². The standard InChI is InChI=1S/C13H15NO5S/c1-19-13(16)10-4-2-3-9(7-10)12(15)14-11-5-6-20(17,18)8-11/h2-4,7,11H,5-6,8H2,1H3,(H,14,15). The van der Waals surface area contributed by atoms with Crippen LogP contribution in [0.1, 0.15) is 27.1 Å². The maximum Gasteiger partial charge on any atom is 0.337 e. The van der Waals surface area contributed by atoms with Gasteiger partial charge >= 0.3 is 5.97 Å². The van der Waals surface area contributed by atoms with E-state index in [2.05, 4.69) is 10.1 Å². The Morgan fingerprint density at radius 1 is 1.30 bits per heavy atom.